The van der Waals surface area contributed by atoms with Gasteiger partial charge in [-0.15, -0.1) is 0 Å². The third-order valence-electron chi connectivity index (χ3n) is 7.62. The van der Waals surface area contributed by atoms with Crippen LogP contribution in [0, 0.1) is 5.92 Å². The van der Waals surface area contributed by atoms with Crippen molar-refractivity contribution in [3.63, 3.8) is 0 Å². The zero-order valence-electron chi connectivity index (χ0n) is 21.3. The second-order valence-electron chi connectivity index (χ2n) is 10.2. The lowest BCUT2D eigenvalue weighted by Gasteiger charge is -2.28. The van der Waals surface area contributed by atoms with Crippen molar-refractivity contribution in [3.05, 3.63) is 48.8 Å². The van der Waals surface area contributed by atoms with E-state index in [0.29, 0.717) is 18.2 Å². The Balaban J connectivity index is 1.62. The third-order valence-corrected chi connectivity index (χ3v) is 7.62. The highest BCUT2D eigenvalue weighted by atomic mass is 16.5. The van der Waals surface area contributed by atoms with Crippen molar-refractivity contribution in [1.82, 2.24) is 5.32 Å². The number of hydrogen-bond donors (Lipinski definition) is 1. The van der Waals surface area contributed by atoms with Crippen LogP contribution in [0.2, 0.25) is 11.6 Å². The molecule has 2 aliphatic carbocycles. The summed E-state index contributed by atoms with van der Waals surface area (Å²) in [4.78, 5) is 12.1. The topological polar surface area (TPSA) is 38.3 Å². The fraction of sp³-hybridized carbons (Fsp3) is 0.690. The minimum Gasteiger partial charge on any atom is -0.484 e. The van der Waals surface area contributed by atoms with Crippen LogP contribution in [0.5, 0.6) is 0 Å². The summed E-state index contributed by atoms with van der Waals surface area (Å²) in [5.74, 6) is 3.17. The number of carbonyl (C=O) groups is 1. The maximum absolute atomic E-state index is 12.1. The average Bonchev–Trinajstić information content (AvgIpc) is 2.77. The standard InChI is InChI=1S/C29H48BNO2/c1-4-6-20-28(5-2)33-23-29(32)31-22-21-24(3)25-14-12-18-27(19-13-15-25)30-26-16-10-8-7-9-11-17-26/h4-6,20,25-27,30H,1,3,7-19,21-23H2,2H3,(H,31,32)/b20-6-,28-5+. The summed E-state index contributed by atoms with van der Waals surface area (Å²) in [5.41, 5.74) is 1.32. The van der Waals surface area contributed by atoms with Gasteiger partial charge < -0.3 is 10.1 Å². The van der Waals surface area contributed by atoms with Gasteiger partial charge in [-0.2, -0.15) is 0 Å². The van der Waals surface area contributed by atoms with Crippen molar-refractivity contribution >= 4 is 13.2 Å². The molecular weight excluding hydrogens is 405 g/mol. The summed E-state index contributed by atoms with van der Waals surface area (Å²) in [6, 6.07) is 0. The van der Waals surface area contributed by atoms with Crippen LogP contribution in [0.15, 0.2) is 48.8 Å². The predicted octanol–water partition coefficient (Wildman–Crippen LogP) is 7.44. The summed E-state index contributed by atoms with van der Waals surface area (Å²) in [6.07, 6.45) is 26.3. The van der Waals surface area contributed by atoms with Gasteiger partial charge in [0, 0.05) is 6.54 Å². The maximum Gasteiger partial charge on any atom is 0.257 e. The number of amides is 1. The van der Waals surface area contributed by atoms with Gasteiger partial charge in [-0.1, -0.05) is 113 Å². The van der Waals surface area contributed by atoms with Gasteiger partial charge in [-0.3, -0.25) is 4.79 Å². The SMILES string of the molecule is C=C/C=C\C(=C/C)OCC(=O)NCCC(=C)C1CCCC(BC2CCCCCCC2)CCC1. The second-order valence-corrected chi connectivity index (χ2v) is 10.2. The molecule has 1 amide bonds. The van der Waals surface area contributed by atoms with Crippen molar-refractivity contribution in [2.24, 2.45) is 5.92 Å². The average molecular weight is 454 g/mol. The maximum atomic E-state index is 12.1. The molecule has 0 aromatic rings. The van der Waals surface area contributed by atoms with E-state index in [0.717, 1.165) is 18.1 Å². The first-order valence-electron chi connectivity index (χ1n) is 13.6. The Hall–Kier alpha value is -1.71. The smallest absolute Gasteiger partial charge is 0.257 e. The Bertz CT molecular complexity index is 636. The van der Waals surface area contributed by atoms with Crippen molar-refractivity contribution < 1.29 is 9.53 Å². The van der Waals surface area contributed by atoms with Crippen LogP contribution in [0.1, 0.15) is 96.8 Å². The van der Waals surface area contributed by atoms with Crippen LogP contribution in [0.25, 0.3) is 0 Å². The molecule has 0 aromatic heterocycles. The molecule has 0 atom stereocenters. The zero-order valence-corrected chi connectivity index (χ0v) is 21.3. The Kier molecular flexibility index (Phi) is 14.1. The van der Waals surface area contributed by atoms with Gasteiger partial charge in [0.2, 0.25) is 0 Å². The van der Waals surface area contributed by atoms with Crippen LogP contribution < -0.4 is 5.32 Å². The highest BCUT2D eigenvalue weighted by Gasteiger charge is 2.23. The van der Waals surface area contributed by atoms with E-state index in [9.17, 15) is 4.79 Å². The summed E-state index contributed by atoms with van der Waals surface area (Å²) in [6.45, 7) is 10.6. The minimum absolute atomic E-state index is 0.0411. The van der Waals surface area contributed by atoms with Crippen LogP contribution in [-0.4, -0.2) is 26.3 Å². The van der Waals surface area contributed by atoms with Gasteiger partial charge in [0.25, 0.3) is 5.91 Å². The molecule has 3 nitrogen and oxygen atoms in total. The molecule has 1 N–H and O–H groups in total. The molecule has 2 aliphatic rings. The van der Waals surface area contributed by atoms with E-state index in [1.54, 1.807) is 18.2 Å². The number of ether oxygens (including phenoxy) is 1. The normalized spacial score (nSPS) is 23.6. The van der Waals surface area contributed by atoms with Crippen LogP contribution in [-0.2, 0) is 9.53 Å². The molecule has 0 saturated heterocycles. The summed E-state index contributed by atoms with van der Waals surface area (Å²) in [5, 5.41) is 2.98. The van der Waals surface area contributed by atoms with Crippen LogP contribution in [0.3, 0.4) is 0 Å². The molecule has 2 saturated carbocycles. The molecule has 4 heteroatoms. The van der Waals surface area contributed by atoms with Crippen molar-refractivity contribution in [3.8, 4) is 0 Å². The summed E-state index contributed by atoms with van der Waals surface area (Å²) >= 11 is 0. The quantitative estimate of drug-likeness (QED) is 0.153. The van der Waals surface area contributed by atoms with E-state index in [1.807, 2.05) is 13.0 Å². The Labute approximate surface area is 204 Å². The molecule has 0 aromatic carbocycles. The van der Waals surface area contributed by atoms with E-state index in [2.05, 4.69) is 18.5 Å². The highest BCUT2D eigenvalue weighted by Crippen LogP contribution is 2.37. The van der Waals surface area contributed by atoms with Crippen molar-refractivity contribution in [1.29, 1.82) is 0 Å². The molecule has 0 radical (unpaired) electrons. The molecule has 33 heavy (non-hydrogen) atoms. The highest BCUT2D eigenvalue weighted by molar-refractivity contribution is 6.39. The lowest BCUT2D eigenvalue weighted by atomic mass is 9.49. The second kappa shape index (κ2) is 16.8. The largest absolute Gasteiger partial charge is 0.484 e. The van der Waals surface area contributed by atoms with Gasteiger partial charge in [0.05, 0.1) is 0 Å². The van der Waals surface area contributed by atoms with Crippen LogP contribution >= 0.6 is 0 Å². The molecule has 0 spiro atoms. The van der Waals surface area contributed by atoms with Gasteiger partial charge >= 0.3 is 0 Å². The van der Waals surface area contributed by atoms with E-state index >= 15 is 0 Å². The molecular formula is C29H48BNO2. The molecule has 2 rings (SSSR count). The molecule has 2 fully saturated rings. The van der Waals surface area contributed by atoms with Gasteiger partial charge in [-0.25, -0.2) is 0 Å². The lowest BCUT2D eigenvalue weighted by molar-refractivity contribution is -0.124. The van der Waals surface area contributed by atoms with Gasteiger partial charge in [-0.05, 0) is 44.3 Å². The number of nitrogens with one attached hydrogen (secondary N) is 1. The summed E-state index contributed by atoms with van der Waals surface area (Å²) in [7, 11) is 1.48. The Morgan fingerprint density at radius 2 is 1.58 bits per heavy atom. The first-order valence-corrected chi connectivity index (χ1v) is 13.6. The first kappa shape index (κ1) is 27.5. The molecule has 184 valence electrons. The van der Waals surface area contributed by atoms with E-state index in [-0.39, 0.29) is 12.5 Å². The third kappa shape index (κ3) is 11.8. The number of rotatable bonds is 11. The van der Waals surface area contributed by atoms with Crippen molar-refractivity contribution in [2.45, 2.75) is 108 Å². The number of carbonyl (C=O) groups excluding carboxylic acids is 1. The van der Waals surface area contributed by atoms with Crippen molar-refractivity contribution in [2.75, 3.05) is 13.2 Å². The molecule has 0 unspecified atom stereocenters. The molecule has 0 bridgehead atoms. The lowest BCUT2D eigenvalue weighted by Crippen LogP contribution is -2.29. The van der Waals surface area contributed by atoms with E-state index < -0.39 is 0 Å². The Morgan fingerprint density at radius 1 is 0.970 bits per heavy atom. The fourth-order valence-corrected chi connectivity index (χ4v) is 5.64. The van der Waals surface area contributed by atoms with E-state index in [1.165, 1.54) is 96.3 Å². The zero-order chi connectivity index (χ0) is 23.7. The predicted molar refractivity (Wildman–Crippen MR) is 144 cm³/mol. The number of allylic oxidation sites excluding steroid dienone is 4. The van der Waals surface area contributed by atoms with Gasteiger partial charge in [0.1, 0.15) is 13.0 Å². The van der Waals surface area contributed by atoms with E-state index in [4.69, 9.17) is 4.74 Å². The van der Waals surface area contributed by atoms with Gasteiger partial charge in [0.15, 0.2) is 6.61 Å². The molecule has 0 heterocycles. The van der Waals surface area contributed by atoms with Crippen LogP contribution in [0.4, 0.5) is 0 Å². The number of hydrogen-bond acceptors (Lipinski definition) is 2. The Morgan fingerprint density at radius 3 is 2.18 bits per heavy atom. The summed E-state index contributed by atoms with van der Waals surface area (Å²) < 4.78 is 5.53. The minimum atomic E-state index is -0.0797. The first-order chi connectivity index (χ1) is 16.1. The monoisotopic (exact) mass is 453 g/mol. The molecule has 0 aliphatic heterocycles. The fourth-order valence-electron chi connectivity index (χ4n) is 5.64.